The van der Waals surface area contributed by atoms with Crippen LogP contribution in [0.1, 0.15) is 24.0 Å². The van der Waals surface area contributed by atoms with Crippen molar-refractivity contribution < 1.29 is 9.66 Å². The van der Waals surface area contributed by atoms with E-state index in [1.54, 1.807) is 18.2 Å². The van der Waals surface area contributed by atoms with Gasteiger partial charge in [0.2, 0.25) is 0 Å². The summed E-state index contributed by atoms with van der Waals surface area (Å²) in [5.41, 5.74) is 1.72. The number of nitrogens with zero attached hydrogens (tertiary/aromatic N) is 2. The molecular weight excluding hydrogens is 304 g/mol. The van der Waals surface area contributed by atoms with Crippen molar-refractivity contribution in [3.63, 3.8) is 0 Å². The van der Waals surface area contributed by atoms with Crippen LogP contribution in [-0.2, 0) is 6.61 Å². The summed E-state index contributed by atoms with van der Waals surface area (Å²) < 4.78 is 5.77. The molecule has 3 rings (SSSR count). The lowest BCUT2D eigenvalue weighted by Crippen LogP contribution is -2.10. The molecule has 5 heteroatoms. The average Bonchev–Trinajstić information content (AvgIpc) is 3.12. The van der Waals surface area contributed by atoms with Gasteiger partial charge in [0.15, 0.2) is 0 Å². The Morgan fingerprint density at radius 3 is 2.58 bits per heavy atom. The Labute approximate surface area is 141 Å². The van der Waals surface area contributed by atoms with Crippen LogP contribution in [0, 0.1) is 10.1 Å². The lowest BCUT2D eigenvalue weighted by molar-refractivity contribution is -0.385. The molecule has 0 spiro atoms. The highest BCUT2D eigenvalue weighted by molar-refractivity contribution is 5.62. The maximum atomic E-state index is 11.2. The second-order valence-corrected chi connectivity index (χ2v) is 5.81. The Hall–Kier alpha value is -2.82. The zero-order valence-electron chi connectivity index (χ0n) is 13.4. The van der Waals surface area contributed by atoms with Gasteiger partial charge in [0, 0.05) is 19.2 Å². The highest BCUT2D eigenvalue weighted by Gasteiger charge is 2.14. The first-order valence-electron chi connectivity index (χ1n) is 8.10. The molecule has 0 amide bonds. The van der Waals surface area contributed by atoms with Gasteiger partial charge in [-0.3, -0.25) is 10.1 Å². The monoisotopic (exact) mass is 324 g/mol. The SMILES string of the molecule is O=[N+]([O-])c1ccc(OCc2ccccc2)cc1/C=C/N1CCCC1. The fraction of sp³-hybridized carbons (Fsp3) is 0.263. The lowest BCUT2D eigenvalue weighted by atomic mass is 10.1. The minimum absolute atomic E-state index is 0.0949. The first-order valence-corrected chi connectivity index (χ1v) is 8.10. The molecule has 1 aliphatic rings. The summed E-state index contributed by atoms with van der Waals surface area (Å²) in [4.78, 5) is 13.1. The molecule has 24 heavy (non-hydrogen) atoms. The second-order valence-electron chi connectivity index (χ2n) is 5.81. The van der Waals surface area contributed by atoms with Crippen molar-refractivity contribution in [3.8, 4) is 5.75 Å². The summed E-state index contributed by atoms with van der Waals surface area (Å²) in [5, 5.41) is 11.2. The number of nitro groups is 1. The van der Waals surface area contributed by atoms with Crippen LogP contribution in [-0.4, -0.2) is 22.9 Å². The van der Waals surface area contributed by atoms with Gasteiger partial charge in [-0.05, 0) is 42.8 Å². The summed E-state index contributed by atoms with van der Waals surface area (Å²) in [6, 6.07) is 14.7. The molecule has 2 aromatic rings. The van der Waals surface area contributed by atoms with E-state index < -0.39 is 0 Å². The summed E-state index contributed by atoms with van der Waals surface area (Å²) >= 11 is 0. The Bertz CT molecular complexity index is 723. The molecule has 0 radical (unpaired) electrons. The topological polar surface area (TPSA) is 55.6 Å². The predicted octanol–water partition coefficient (Wildman–Crippen LogP) is 4.24. The fourth-order valence-electron chi connectivity index (χ4n) is 2.74. The Morgan fingerprint density at radius 2 is 1.88 bits per heavy atom. The highest BCUT2D eigenvalue weighted by atomic mass is 16.6. The molecule has 2 aromatic carbocycles. The van der Waals surface area contributed by atoms with Gasteiger partial charge in [-0.1, -0.05) is 30.3 Å². The van der Waals surface area contributed by atoms with Crippen LogP contribution < -0.4 is 4.74 Å². The standard InChI is InChI=1S/C19H20N2O3/c22-21(23)19-9-8-18(24-15-16-6-2-1-3-7-16)14-17(19)10-13-20-11-4-5-12-20/h1-3,6-10,13-14H,4-5,11-12,15H2/b13-10+. The first-order chi connectivity index (χ1) is 11.7. The van der Waals surface area contributed by atoms with Crippen molar-refractivity contribution in [3.05, 3.63) is 76.0 Å². The van der Waals surface area contributed by atoms with Crippen LogP contribution in [0.5, 0.6) is 5.75 Å². The van der Waals surface area contributed by atoms with E-state index in [1.165, 1.54) is 18.9 Å². The van der Waals surface area contributed by atoms with Gasteiger partial charge in [-0.25, -0.2) is 0 Å². The van der Waals surface area contributed by atoms with Gasteiger partial charge in [-0.2, -0.15) is 0 Å². The van der Waals surface area contributed by atoms with E-state index in [2.05, 4.69) is 4.90 Å². The lowest BCUT2D eigenvalue weighted by Gasteiger charge is -2.11. The molecule has 5 nitrogen and oxygen atoms in total. The van der Waals surface area contributed by atoms with Crippen LogP contribution >= 0.6 is 0 Å². The molecule has 0 unspecified atom stereocenters. The van der Waals surface area contributed by atoms with Crippen molar-refractivity contribution >= 4 is 11.8 Å². The third kappa shape index (κ3) is 4.13. The van der Waals surface area contributed by atoms with Crippen molar-refractivity contribution in [2.45, 2.75) is 19.4 Å². The van der Waals surface area contributed by atoms with Gasteiger partial charge in [0.25, 0.3) is 5.69 Å². The van der Waals surface area contributed by atoms with Crippen LogP contribution in [0.15, 0.2) is 54.7 Å². The molecule has 0 bridgehead atoms. The summed E-state index contributed by atoms with van der Waals surface area (Å²) in [7, 11) is 0. The van der Waals surface area contributed by atoms with E-state index in [4.69, 9.17) is 4.74 Å². The quantitative estimate of drug-likeness (QED) is 0.589. The Balaban J connectivity index is 1.75. The molecule has 124 valence electrons. The summed E-state index contributed by atoms with van der Waals surface area (Å²) in [6.07, 6.45) is 6.09. The number of hydrogen-bond acceptors (Lipinski definition) is 4. The number of rotatable bonds is 6. The van der Waals surface area contributed by atoms with Crippen molar-refractivity contribution in [2.24, 2.45) is 0 Å². The molecule has 0 N–H and O–H groups in total. The van der Waals surface area contributed by atoms with E-state index in [1.807, 2.05) is 36.5 Å². The number of likely N-dealkylation sites (tertiary alicyclic amines) is 1. The fourth-order valence-corrected chi connectivity index (χ4v) is 2.74. The maximum Gasteiger partial charge on any atom is 0.276 e. The number of nitro benzene ring substituents is 1. The predicted molar refractivity (Wildman–Crippen MR) is 93.7 cm³/mol. The van der Waals surface area contributed by atoms with Crippen LogP contribution in [0.4, 0.5) is 5.69 Å². The average molecular weight is 324 g/mol. The molecule has 0 atom stereocenters. The van der Waals surface area contributed by atoms with Crippen molar-refractivity contribution in [1.29, 1.82) is 0 Å². The zero-order chi connectivity index (χ0) is 16.8. The normalized spacial score (nSPS) is 14.2. The molecule has 1 fully saturated rings. The van der Waals surface area contributed by atoms with E-state index in [9.17, 15) is 10.1 Å². The van der Waals surface area contributed by atoms with Crippen LogP contribution in [0.25, 0.3) is 6.08 Å². The number of benzene rings is 2. The minimum Gasteiger partial charge on any atom is -0.489 e. The van der Waals surface area contributed by atoms with Gasteiger partial charge >= 0.3 is 0 Å². The third-order valence-electron chi connectivity index (χ3n) is 4.05. The van der Waals surface area contributed by atoms with E-state index in [0.717, 1.165) is 18.7 Å². The molecule has 0 aliphatic carbocycles. The van der Waals surface area contributed by atoms with Gasteiger partial charge in [0.1, 0.15) is 12.4 Å². The maximum absolute atomic E-state index is 11.2. The third-order valence-corrected chi connectivity index (χ3v) is 4.05. The van der Waals surface area contributed by atoms with Crippen LogP contribution in [0.3, 0.4) is 0 Å². The summed E-state index contributed by atoms with van der Waals surface area (Å²) in [5.74, 6) is 0.630. The Morgan fingerprint density at radius 1 is 1.12 bits per heavy atom. The smallest absolute Gasteiger partial charge is 0.276 e. The molecule has 1 saturated heterocycles. The van der Waals surface area contributed by atoms with Crippen LogP contribution in [0.2, 0.25) is 0 Å². The molecule has 1 aliphatic heterocycles. The highest BCUT2D eigenvalue weighted by Crippen LogP contribution is 2.26. The molecule has 0 saturated carbocycles. The largest absolute Gasteiger partial charge is 0.489 e. The first kappa shape index (κ1) is 16.1. The number of hydrogen-bond donors (Lipinski definition) is 0. The van der Waals surface area contributed by atoms with E-state index in [0.29, 0.717) is 17.9 Å². The molecule has 1 heterocycles. The Kier molecular flexibility index (Phi) is 5.11. The second kappa shape index (κ2) is 7.64. The van der Waals surface area contributed by atoms with Gasteiger partial charge < -0.3 is 9.64 Å². The van der Waals surface area contributed by atoms with Gasteiger partial charge in [0.05, 0.1) is 10.5 Å². The number of ether oxygens (including phenoxy) is 1. The minimum atomic E-state index is -0.357. The van der Waals surface area contributed by atoms with E-state index in [-0.39, 0.29) is 10.6 Å². The molecular formula is C19H20N2O3. The van der Waals surface area contributed by atoms with Gasteiger partial charge in [-0.15, -0.1) is 0 Å². The van der Waals surface area contributed by atoms with Crippen molar-refractivity contribution in [2.75, 3.05) is 13.1 Å². The zero-order valence-corrected chi connectivity index (χ0v) is 13.4. The van der Waals surface area contributed by atoms with E-state index >= 15 is 0 Å². The van der Waals surface area contributed by atoms with Crippen molar-refractivity contribution in [1.82, 2.24) is 4.90 Å². The molecule has 0 aromatic heterocycles. The summed E-state index contributed by atoms with van der Waals surface area (Å²) in [6.45, 7) is 2.46.